The molecule has 3 heteroatoms. The molecule has 0 unspecified atom stereocenters. The van der Waals surface area contributed by atoms with Crippen molar-refractivity contribution in [3.05, 3.63) is 12.2 Å². The first-order valence-electron chi connectivity index (χ1n) is 3.15. The van der Waals surface area contributed by atoms with Gasteiger partial charge in [-0.2, -0.15) is 0 Å². The number of hydrogen-bond acceptors (Lipinski definition) is 2. The van der Waals surface area contributed by atoms with Gasteiger partial charge in [-0.05, 0) is 0 Å². The molecule has 46 valence electrons. The summed E-state index contributed by atoms with van der Waals surface area (Å²) in [6.07, 6.45) is 5.73. The zero-order valence-electron chi connectivity index (χ0n) is 5.21. The molecule has 1 nitrogen and oxygen atoms in total. The van der Waals surface area contributed by atoms with Gasteiger partial charge in [0.2, 0.25) is 0 Å². The van der Waals surface area contributed by atoms with Crippen molar-refractivity contribution in [1.29, 1.82) is 0 Å². The molecule has 0 amide bonds. The van der Waals surface area contributed by atoms with Crippen LogP contribution < -0.4 is 0 Å². The van der Waals surface area contributed by atoms with Crippen molar-refractivity contribution < 1.29 is 0 Å². The van der Waals surface area contributed by atoms with Gasteiger partial charge in [0.15, 0.2) is 0 Å². The second kappa shape index (κ2) is 4.26. The maximum absolute atomic E-state index is 4.54. The van der Waals surface area contributed by atoms with Gasteiger partial charge in [0.25, 0.3) is 0 Å². The average molecular weight is 241 g/mol. The van der Waals surface area contributed by atoms with Crippen LogP contribution in [0.3, 0.4) is 0 Å². The Morgan fingerprint density at radius 1 is 1.56 bits per heavy atom. The fourth-order valence-corrected chi connectivity index (χ4v) is 6.83. The fraction of sp³-hybridized carbons (Fsp3) is 0.500. The molecular formula is C6H8InNS. The van der Waals surface area contributed by atoms with Crippen molar-refractivity contribution in [2.75, 3.05) is 0 Å². The topological polar surface area (TPSA) is 12.4 Å². The van der Waals surface area contributed by atoms with Crippen LogP contribution in [0.25, 0.3) is 0 Å². The van der Waals surface area contributed by atoms with E-state index in [4.69, 9.17) is 0 Å². The molecule has 0 aromatic heterocycles. The molecule has 1 rings (SSSR count). The Balaban J connectivity index is 2.43. The van der Waals surface area contributed by atoms with Gasteiger partial charge in [0.1, 0.15) is 0 Å². The molecule has 0 N–H and O–H groups in total. The van der Waals surface area contributed by atoms with E-state index in [1.807, 2.05) is 0 Å². The van der Waals surface area contributed by atoms with E-state index in [0.29, 0.717) is 0 Å². The molecular weight excluding hydrogens is 233 g/mol. The van der Waals surface area contributed by atoms with Crippen molar-refractivity contribution in [2.24, 2.45) is 2.98 Å². The van der Waals surface area contributed by atoms with Crippen molar-refractivity contribution in [2.45, 2.75) is 14.8 Å². The molecule has 0 aromatic rings. The normalized spacial score (nSPS) is 17.1. The monoisotopic (exact) mass is 241 g/mol. The van der Waals surface area contributed by atoms with Gasteiger partial charge in [-0.1, -0.05) is 0 Å². The first-order valence-corrected chi connectivity index (χ1v) is 9.70. The molecule has 0 radical (unpaired) electrons. The third kappa shape index (κ3) is 2.65. The third-order valence-electron chi connectivity index (χ3n) is 1.48. The number of allylic oxidation sites excluding steroid dienone is 2. The number of thiocarbonyl (C=S) groups is 1. The van der Waals surface area contributed by atoms with Crippen molar-refractivity contribution in [3.8, 4) is 0 Å². The van der Waals surface area contributed by atoms with E-state index >= 15 is 0 Å². The summed E-state index contributed by atoms with van der Waals surface area (Å²) in [5, 5.41) is 2.51. The molecule has 9 heavy (non-hydrogen) atoms. The second-order valence-electron chi connectivity index (χ2n) is 2.16. The molecule has 1 aliphatic heterocycles. The third-order valence-corrected chi connectivity index (χ3v) is 8.71. The standard InChI is InChI=1S/C5H8.CNS.In/c1-3-5-4-2;2-1-3;/h3,5H,1-2,4H2;;/q;-1;+1. The van der Waals surface area contributed by atoms with Gasteiger partial charge in [-0.25, -0.2) is 0 Å². The summed E-state index contributed by atoms with van der Waals surface area (Å²) in [4.78, 5) is 0. The molecule has 0 aliphatic carbocycles. The first-order chi connectivity index (χ1) is 4.43. The van der Waals surface area contributed by atoms with Gasteiger partial charge in [0.05, 0.1) is 0 Å². The SMILES string of the molecule is S=C=[N][In]1[CH2]C=CC[CH2]1. The van der Waals surface area contributed by atoms with E-state index in [-0.39, 0.29) is 0 Å². The second-order valence-corrected chi connectivity index (χ2v) is 9.80. The zero-order valence-corrected chi connectivity index (χ0v) is 9.32. The predicted molar refractivity (Wildman–Crippen MR) is 44.2 cm³/mol. The van der Waals surface area contributed by atoms with Crippen molar-refractivity contribution in [3.63, 3.8) is 0 Å². The van der Waals surface area contributed by atoms with Crippen LogP contribution >= 0.6 is 12.2 Å². The van der Waals surface area contributed by atoms with E-state index < -0.39 is 21.7 Å². The van der Waals surface area contributed by atoms with Crippen molar-refractivity contribution >= 4 is 39.1 Å². The molecule has 0 aromatic carbocycles. The van der Waals surface area contributed by atoms with E-state index in [1.165, 1.54) is 14.8 Å². The minimum absolute atomic E-state index is 1.24. The van der Waals surface area contributed by atoms with Crippen LogP contribution in [0.2, 0.25) is 8.35 Å². The Labute approximate surface area is 68.8 Å². The van der Waals surface area contributed by atoms with Crippen LogP contribution in [0.5, 0.6) is 0 Å². The van der Waals surface area contributed by atoms with Crippen molar-refractivity contribution in [1.82, 2.24) is 0 Å². The Hall–Kier alpha value is 0.410. The maximum atomic E-state index is 4.54. The number of hydrogen-bond donors (Lipinski definition) is 0. The molecule has 0 atom stereocenters. The van der Waals surface area contributed by atoms with Gasteiger partial charge in [-0.3, -0.25) is 0 Å². The number of isothiocyanates is 1. The Kier molecular flexibility index (Phi) is 3.56. The quantitative estimate of drug-likeness (QED) is 0.388. The summed E-state index contributed by atoms with van der Waals surface area (Å²) in [5.74, 6) is 0. The van der Waals surface area contributed by atoms with Crippen LogP contribution in [0.1, 0.15) is 6.42 Å². The molecule has 1 heterocycles. The summed E-state index contributed by atoms with van der Waals surface area (Å²) in [6.45, 7) is 0. The van der Waals surface area contributed by atoms with Gasteiger partial charge >= 0.3 is 69.0 Å². The Morgan fingerprint density at radius 2 is 2.44 bits per heavy atom. The van der Waals surface area contributed by atoms with Gasteiger partial charge in [-0.15, -0.1) is 0 Å². The number of nitrogens with zero attached hydrogens (tertiary/aromatic N) is 1. The van der Waals surface area contributed by atoms with Gasteiger partial charge in [0, 0.05) is 0 Å². The fourth-order valence-electron chi connectivity index (χ4n) is 0.969. The molecule has 0 saturated heterocycles. The predicted octanol–water partition coefficient (Wildman–Crippen LogP) is 2.04. The summed E-state index contributed by atoms with van der Waals surface area (Å²) >= 11 is 3.11. The average Bonchev–Trinajstić information content (AvgIpc) is 1.91. The van der Waals surface area contributed by atoms with Gasteiger partial charge < -0.3 is 0 Å². The van der Waals surface area contributed by atoms with Crippen LogP contribution in [-0.2, 0) is 0 Å². The number of rotatable bonds is 1. The summed E-state index contributed by atoms with van der Waals surface area (Å²) in [7, 11) is 0. The van der Waals surface area contributed by atoms with Crippen LogP contribution in [0.15, 0.2) is 15.1 Å². The molecule has 0 saturated carbocycles. The molecule has 0 bridgehead atoms. The first kappa shape index (κ1) is 7.52. The van der Waals surface area contributed by atoms with Crippen LogP contribution in [-0.4, -0.2) is 26.9 Å². The molecule has 0 spiro atoms. The van der Waals surface area contributed by atoms with Crippen LogP contribution in [0, 0.1) is 0 Å². The summed E-state index contributed by atoms with van der Waals surface area (Å²) < 4.78 is 6.81. The van der Waals surface area contributed by atoms with E-state index in [9.17, 15) is 0 Å². The van der Waals surface area contributed by atoms with E-state index in [2.05, 4.69) is 32.5 Å². The Morgan fingerprint density at radius 3 is 3.00 bits per heavy atom. The van der Waals surface area contributed by atoms with E-state index in [0.717, 1.165) is 0 Å². The Bertz CT molecular complexity index is 160. The summed E-state index contributed by atoms with van der Waals surface area (Å²) in [5.41, 5.74) is 0. The summed E-state index contributed by atoms with van der Waals surface area (Å²) in [6, 6.07) is 0. The minimum atomic E-state index is -1.43. The van der Waals surface area contributed by atoms with Crippen LogP contribution in [0.4, 0.5) is 0 Å². The van der Waals surface area contributed by atoms with E-state index in [1.54, 1.807) is 0 Å². The molecule has 0 fully saturated rings. The zero-order chi connectivity index (χ0) is 6.53. The molecule has 1 aliphatic rings.